The van der Waals surface area contributed by atoms with E-state index in [1.165, 1.54) is 11.8 Å². The van der Waals surface area contributed by atoms with Crippen LogP contribution in [0.2, 0.25) is 5.02 Å². The van der Waals surface area contributed by atoms with Crippen molar-refractivity contribution < 1.29 is 4.79 Å². The van der Waals surface area contributed by atoms with E-state index >= 15 is 0 Å². The molecule has 0 atom stereocenters. The number of hydrogen-bond donors (Lipinski definition) is 2. The van der Waals surface area contributed by atoms with Gasteiger partial charge in [0.25, 0.3) is 0 Å². The predicted octanol–water partition coefficient (Wildman–Crippen LogP) is 3.81. The summed E-state index contributed by atoms with van der Waals surface area (Å²) in [4.78, 5) is 16.7. The molecule has 104 valence electrons. The highest BCUT2D eigenvalue weighted by atomic mass is 79.9. The molecule has 0 fully saturated rings. The maximum Gasteiger partial charge on any atom is 0.235 e. The molecule has 1 amide bonds. The minimum absolute atomic E-state index is 0.150. The molecule has 4 nitrogen and oxygen atoms in total. The highest BCUT2D eigenvalue weighted by molar-refractivity contribution is 9.10. The van der Waals surface area contributed by atoms with Crippen LogP contribution in [0, 0.1) is 0 Å². The highest BCUT2D eigenvalue weighted by Crippen LogP contribution is 2.28. The van der Waals surface area contributed by atoms with Gasteiger partial charge in [0.15, 0.2) is 0 Å². The van der Waals surface area contributed by atoms with Crippen LogP contribution < -0.4 is 11.1 Å². The van der Waals surface area contributed by atoms with Crippen molar-refractivity contribution in [2.45, 2.75) is 4.90 Å². The van der Waals surface area contributed by atoms with Gasteiger partial charge in [0.05, 0.1) is 10.8 Å². The number of benzene rings is 1. The lowest BCUT2D eigenvalue weighted by molar-refractivity contribution is -0.113. The van der Waals surface area contributed by atoms with E-state index < -0.39 is 0 Å². The number of anilines is 2. The lowest BCUT2D eigenvalue weighted by atomic mass is 10.3. The Balaban J connectivity index is 1.92. The summed E-state index contributed by atoms with van der Waals surface area (Å²) in [5.74, 6) is 0.599. The first kappa shape index (κ1) is 15.2. The van der Waals surface area contributed by atoms with Crippen molar-refractivity contribution in [1.29, 1.82) is 0 Å². The number of carbonyl (C=O) groups is 1. The Kier molecular flexibility index (Phi) is 5.28. The Labute approximate surface area is 134 Å². The second-order valence-electron chi connectivity index (χ2n) is 3.89. The number of pyridine rings is 1. The molecular formula is C13H11BrClN3OS. The average molecular weight is 373 g/mol. The van der Waals surface area contributed by atoms with Crippen molar-refractivity contribution in [3.63, 3.8) is 0 Å². The van der Waals surface area contributed by atoms with Gasteiger partial charge in [0, 0.05) is 21.3 Å². The van der Waals surface area contributed by atoms with Gasteiger partial charge in [-0.3, -0.25) is 4.79 Å². The number of hydrogen-bond acceptors (Lipinski definition) is 4. The van der Waals surface area contributed by atoms with Crippen molar-refractivity contribution in [1.82, 2.24) is 4.98 Å². The Morgan fingerprint density at radius 3 is 2.90 bits per heavy atom. The van der Waals surface area contributed by atoms with Crippen LogP contribution in [0.4, 0.5) is 11.5 Å². The zero-order valence-corrected chi connectivity index (χ0v) is 13.4. The van der Waals surface area contributed by atoms with E-state index in [-0.39, 0.29) is 11.7 Å². The van der Waals surface area contributed by atoms with Crippen molar-refractivity contribution in [2.24, 2.45) is 0 Å². The first-order valence-electron chi connectivity index (χ1n) is 5.64. The maximum atomic E-state index is 11.8. The van der Waals surface area contributed by atoms with Gasteiger partial charge in [-0.1, -0.05) is 11.6 Å². The molecule has 0 unspecified atom stereocenters. The molecule has 0 aliphatic heterocycles. The molecule has 2 aromatic rings. The van der Waals surface area contributed by atoms with Crippen LogP contribution in [-0.2, 0) is 4.79 Å². The number of nitrogens with two attached hydrogens (primary N) is 1. The lowest BCUT2D eigenvalue weighted by Gasteiger charge is -2.06. The van der Waals surface area contributed by atoms with Gasteiger partial charge < -0.3 is 11.1 Å². The summed E-state index contributed by atoms with van der Waals surface area (Å²) in [5.41, 5.74) is 6.30. The van der Waals surface area contributed by atoms with E-state index in [2.05, 4.69) is 26.2 Å². The smallest absolute Gasteiger partial charge is 0.235 e. The zero-order valence-electron chi connectivity index (χ0n) is 10.3. The van der Waals surface area contributed by atoms with Crippen LogP contribution in [0.25, 0.3) is 0 Å². The van der Waals surface area contributed by atoms with Crippen LogP contribution in [0.15, 0.2) is 45.9 Å². The van der Waals surface area contributed by atoms with Crippen LogP contribution in [-0.4, -0.2) is 16.6 Å². The van der Waals surface area contributed by atoms with Crippen LogP contribution in [0.3, 0.4) is 0 Å². The molecule has 20 heavy (non-hydrogen) atoms. The third kappa shape index (κ3) is 4.40. The average Bonchev–Trinajstić information content (AvgIpc) is 2.42. The second kappa shape index (κ2) is 6.97. The first-order chi connectivity index (χ1) is 9.54. The molecule has 1 aromatic carbocycles. The van der Waals surface area contributed by atoms with Crippen LogP contribution >= 0.6 is 39.3 Å². The quantitative estimate of drug-likeness (QED) is 0.632. The van der Waals surface area contributed by atoms with Crippen molar-refractivity contribution in [3.05, 3.63) is 46.0 Å². The number of nitrogens with one attached hydrogen (secondary N) is 1. The van der Waals surface area contributed by atoms with Gasteiger partial charge in [0.2, 0.25) is 5.91 Å². The normalized spacial score (nSPS) is 10.3. The summed E-state index contributed by atoms with van der Waals surface area (Å²) in [6.45, 7) is 0. The molecular weight excluding hydrogens is 362 g/mol. The number of nitrogen functional groups attached to an aromatic ring is 1. The Morgan fingerprint density at radius 2 is 2.20 bits per heavy atom. The second-order valence-corrected chi connectivity index (χ2v) is 6.23. The summed E-state index contributed by atoms with van der Waals surface area (Å²) in [5, 5.41) is 3.29. The molecule has 0 saturated carbocycles. The molecule has 0 bridgehead atoms. The predicted molar refractivity (Wildman–Crippen MR) is 87.2 cm³/mol. The monoisotopic (exact) mass is 371 g/mol. The summed E-state index contributed by atoms with van der Waals surface area (Å²) >= 11 is 10.6. The maximum absolute atomic E-state index is 11.8. The molecule has 7 heteroatoms. The topological polar surface area (TPSA) is 68.0 Å². The Bertz CT molecular complexity index is 622. The molecule has 0 spiro atoms. The van der Waals surface area contributed by atoms with E-state index in [1.807, 2.05) is 6.07 Å². The largest absolute Gasteiger partial charge is 0.399 e. The molecule has 1 aromatic heterocycles. The molecule has 3 N–H and O–H groups in total. The molecule has 0 aliphatic rings. The zero-order chi connectivity index (χ0) is 14.5. The van der Waals surface area contributed by atoms with Crippen molar-refractivity contribution in [3.8, 4) is 0 Å². The van der Waals surface area contributed by atoms with Gasteiger partial charge >= 0.3 is 0 Å². The molecule has 0 saturated heterocycles. The van der Waals surface area contributed by atoms with Crippen molar-refractivity contribution >= 4 is 56.7 Å². The van der Waals surface area contributed by atoms with E-state index in [0.717, 1.165) is 9.37 Å². The van der Waals surface area contributed by atoms with Crippen molar-refractivity contribution in [2.75, 3.05) is 16.8 Å². The Hall–Kier alpha value is -1.24. The summed E-state index contributed by atoms with van der Waals surface area (Å²) in [7, 11) is 0. The number of carbonyl (C=O) groups excluding carboxylic acids is 1. The fourth-order valence-electron chi connectivity index (χ4n) is 1.40. The van der Waals surface area contributed by atoms with Gasteiger partial charge in [-0.25, -0.2) is 4.98 Å². The molecule has 1 heterocycles. The number of nitrogens with zero attached hydrogens (tertiary/aromatic N) is 1. The van der Waals surface area contributed by atoms with Crippen LogP contribution in [0.5, 0.6) is 0 Å². The van der Waals surface area contributed by atoms with E-state index in [0.29, 0.717) is 16.5 Å². The van der Waals surface area contributed by atoms with Gasteiger partial charge in [0.1, 0.15) is 5.82 Å². The first-order valence-corrected chi connectivity index (χ1v) is 7.79. The van der Waals surface area contributed by atoms with Gasteiger partial charge in [-0.15, -0.1) is 11.8 Å². The van der Waals surface area contributed by atoms with E-state index in [9.17, 15) is 4.79 Å². The standard InChI is InChI=1S/C13H11BrClN3OS/c14-8-1-4-12(17-6-8)18-13(19)7-20-11-5-9(16)2-3-10(11)15/h1-6H,7,16H2,(H,17,18,19). The summed E-state index contributed by atoms with van der Waals surface area (Å²) in [6.07, 6.45) is 1.62. The summed E-state index contributed by atoms with van der Waals surface area (Å²) < 4.78 is 0.858. The number of amides is 1. The minimum Gasteiger partial charge on any atom is -0.399 e. The Morgan fingerprint density at radius 1 is 1.40 bits per heavy atom. The minimum atomic E-state index is -0.150. The third-order valence-electron chi connectivity index (χ3n) is 2.31. The fraction of sp³-hybridized carbons (Fsp3) is 0.0769. The molecule has 2 rings (SSSR count). The number of thioether (sulfide) groups is 1. The molecule has 0 aliphatic carbocycles. The highest BCUT2D eigenvalue weighted by Gasteiger charge is 2.07. The van der Waals surface area contributed by atoms with Gasteiger partial charge in [-0.2, -0.15) is 0 Å². The fourth-order valence-corrected chi connectivity index (χ4v) is 2.70. The lowest BCUT2D eigenvalue weighted by Crippen LogP contribution is -2.14. The number of halogens is 2. The van der Waals surface area contributed by atoms with E-state index in [1.54, 1.807) is 30.5 Å². The number of rotatable bonds is 4. The van der Waals surface area contributed by atoms with Gasteiger partial charge in [-0.05, 0) is 46.3 Å². The number of aromatic nitrogens is 1. The molecule has 0 radical (unpaired) electrons. The third-order valence-corrected chi connectivity index (χ3v) is 4.27. The van der Waals surface area contributed by atoms with E-state index in [4.69, 9.17) is 17.3 Å². The SMILES string of the molecule is Nc1ccc(Cl)c(SCC(=O)Nc2ccc(Br)cn2)c1. The van der Waals surface area contributed by atoms with Crippen LogP contribution in [0.1, 0.15) is 0 Å². The summed E-state index contributed by atoms with van der Waals surface area (Å²) in [6, 6.07) is 8.72.